The van der Waals surface area contributed by atoms with E-state index in [1.165, 1.54) is 6.07 Å². The zero-order valence-corrected chi connectivity index (χ0v) is 13.6. The van der Waals surface area contributed by atoms with Crippen molar-refractivity contribution in [2.24, 2.45) is 0 Å². The minimum absolute atomic E-state index is 0.0362. The van der Waals surface area contributed by atoms with Gasteiger partial charge >= 0.3 is 0 Å². The molecule has 23 heavy (non-hydrogen) atoms. The van der Waals surface area contributed by atoms with Crippen LogP contribution < -0.4 is 5.32 Å². The fourth-order valence-electron chi connectivity index (χ4n) is 2.13. The lowest BCUT2D eigenvalue weighted by Gasteiger charge is -2.07. The third-order valence-electron chi connectivity index (χ3n) is 3.27. The number of nitrogens with zero attached hydrogens (tertiary/aromatic N) is 1. The highest BCUT2D eigenvalue weighted by molar-refractivity contribution is 6.35. The first-order valence-electron chi connectivity index (χ1n) is 6.90. The van der Waals surface area contributed by atoms with E-state index in [4.69, 9.17) is 23.2 Å². The number of carbonyl (C=O) groups excluding carboxylic acids is 1. The number of nitrogens with one attached hydrogen (secondary N) is 1. The molecule has 0 bridgehead atoms. The molecule has 120 valence electrons. The van der Waals surface area contributed by atoms with Gasteiger partial charge in [-0.05, 0) is 24.1 Å². The average Bonchev–Trinajstić information content (AvgIpc) is 2.50. The van der Waals surface area contributed by atoms with Crippen LogP contribution in [0.2, 0.25) is 10.0 Å². The third kappa shape index (κ3) is 4.94. The van der Waals surface area contributed by atoms with E-state index in [0.29, 0.717) is 28.6 Å². The van der Waals surface area contributed by atoms with Crippen molar-refractivity contribution < 1.29 is 9.72 Å². The quantitative estimate of drug-likeness (QED) is 0.634. The summed E-state index contributed by atoms with van der Waals surface area (Å²) in [7, 11) is 0. The van der Waals surface area contributed by atoms with Gasteiger partial charge in [0.25, 0.3) is 5.69 Å². The van der Waals surface area contributed by atoms with E-state index in [0.717, 1.165) is 5.56 Å². The molecule has 0 spiro atoms. The van der Waals surface area contributed by atoms with Crippen molar-refractivity contribution in [2.75, 3.05) is 6.54 Å². The Hall–Kier alpha value is -2.11. The molecule has 0 unspecified atom stereocenters. The van der Waals surface area contributed by atoms with Crippen LogP contribution in [0, 0.1) is 10.1 Å². The van der Waals surface area contributed by atoms with Crippen LogP contribution >= 0.6 is 23.2 Å². The Labute approximate surface area is 143 Å². The molecule has 5 nitrogen and oxygen atoms in total. The van der Waals surface area contributed by atoms with Gasteiger partial charge in [0.1, 0.15) is 0 Å². The van der Waals surface area contributed by atoms with Gasteiger partial charge in [-0.25, -0.2) is 0 Å². The van der Waals surface area contributed by atoms with Crippen LogP contribution in [0.25, 0.3) is 0 Å². The van der Waals surface area contributed by atoms with Crippen molar-refractivity contribution >= 4 is 34.8 Å². The van der Waals surface area contributed by atoms with Crippen LogP contribution in [0.5, 0.6) is 0 Å². The molecule has 0 fully saturated rings. The van der Waals surface area contributed by atoms with Crippen LogP contribution in [0.1, 0.15) is 11.1 Å². The molecule has 0 saturated heterocycles. The highest BCUT2D eigenvalue weighted by Gasteiger charge is 2.15. The minimum atomic E-state index is -0.490. The Bertz CT molecular complexity index is 735. The van der Waals surface area contributed by atoms with Crippen molar-refractivity contribution in [1.29, 1.82) is 0 Å². The van der Waals surface area contributed by atoms with E-state index >= 15 is 0 Å². The zero-order valence-electron chi connectivity index (χ0n) is 12.1. The summed E-state index contributed by atoms with van der Waals surface area (Å²) < 4.78 is 0. The van der Waals surface area contributed by atoms with Crippen LogP contribution in [-0.4, -0.2) is 17.4 Å². The number of halogens is 2. The van der Waals surface area contributed by atoms with Gasteiger partial charge in [0, 0.05) is 28.2 Å². The summed E-state index contributed by atoms with van der Waals surface area (Å²) in [6.07, 6.45) is 0.518. The molecule has 2 aromatic carbocycles. The number of para-hydroxylation sites is 1. The van der Waals surface area contributed by atoms with E-state index in [-0.39, 0.29) is 18.0 Å². The fraction of sp³-hybridized carbons (Fsp3) is 0.188. The first kappa shape index (κ1) is 17.2. The Kier molecular flexibility index (Phi) is 5.96. The van der Waals surface area contributed by atoms with Gasteiger partial charge in [-0.15, -0.1) is 0 Å². The second-order valence-corrected chi connectivity index (χ2v) is 5.74. The van der Waals surface area contributed by atoms with Gasteiger partial charge in [0.15, 0.2) is 0 Å². The molecule has 0 radical (unpaired) electrons. The molecule has 0 aliphatic carbocycles. The molecule has 1 N–H and O–H groups in total. The molecule has 0 aliphatic heterocycles. The molecule has 1 amide bonds. The predicted octanol–water partition coefficient (Wildman–Crippen LogP) is 3.80. The minimum Gasteiger partial charge on any atom is -0.355 e. The van der Waals surface area contributed by atoms with Gasteiger partial charge in [0.2, 0.25) is 5.91 Å². The number of nitro groups is 1. The largest absolute Gasteiger partial charge is 0.355 e. The maximum atomic E-state index is 11.9. The molecule has 2 aromatic rings. The normalized spacial score (nSPS) is 10.3. The Balaban J connectivity index is 1.90. The summed E-state index contributed by atoms with van der Waals surface area (Å²) in [5.74, 6) is -0.274. The highest BCUT2D eigenvalue weighted by Crippen LogP contribution is 2.21. The van der Waals surface area contributed by atoms with Crippen molar-refractivity contribution in [3.8, 4) is 0 Å². The van der Waals surface area contributed by atoms with Gasteiger partial charge < -0.3 is 5.32 Å². The molecule has 0 saturated carbocycles. The lowest BCUT2D eigenvalue weighted by Crippen LogP contribution is -2.27. The summed E-state index contributed by atoms with van der Waals surface area (Å²) in [6, 6.07) is 11.4. The summed E-state index contributed by atoms with van der Waals surface area (Å²) in [4.78, 5) is 22.4. The van der Waals surface area contributed by atoms with E-state index in [1.807, 2.05) is 0 Å². The smallest absolute Gasteiger partial charge is 0.273 e. The predicted molar refractivity (Wildman–Crippen MR) is 90.0 cm³/mol. The van der Waals surface area contributed by atoms with Crippen molar-refractivity contribution in [1.82, 2.24) is 5.32 Å². The topological polar surface area (TPSA) is 72.2 Å². The summed E-state index contributed by atoms with van der Waals surface area (Å²) >= 11 is 11.9. The van der Waals surface area contributed by atoms with E-state index in [1.54, 1.807) is 36.4 Å². The molecule has 2 rings (SSSR count). The second kappa shape index (κ2) is 7.94. The lowest BCUT2D eigenvalue weighted by molar-refractivity contribution is -0.385. The number of amides is 1. The van der Waals surface area contributed by atoms with Gasteiger partial charge in [-0.1, -0.05) is 47.5 Å². The van der Waals surface area contributed by atoms with E-state index < -0.39 is 4.92 Å². The number of hydrogen-bond donors (Lipinski definition) is 1. The van der Waals surface area contributed by atoms with Gasteiger partial charge in [-0.3, -0.25) is 14.9 Å². The van der Waals surface area contributed by atoms with Crippen LogP contribution in [0.15, 0.2) is 42.5 Å². The van der Waals surface area contributed by atoms with Gasteiger partial charge in [-0.2, -0.15) is 0 Å². The van der Waals surface area contributed by atoms with Crippen molar-refractivity contribution in [2.45, 2.75) is 12.8 Å². The monoisotopic (exact) mass is 352 g/mol. The Morgan fingerprint density at radius 3 is 2.57 bits per heavy atom. The maximum Gasteiger partial charge on any atom is 0.273 e. The number of nitro benzene ring substituents is 1. The second-order valence-electron chi connectivity index (χ2n) is 4.90. The number of benzene rings is 2. The fourth-order valence-corrected chi connectivity index (χ4v) is 2.64. The summed E-state index contributed by atoms with van der Waals surface area (Å²) in [6.45, 7) is 0.390. The summed E-state index contributed by atoms with van der Waals surface area (Å²) in [5.41, 5.74) is 1.21. The standard InChI is InChI=1S/C16H14Cl2N2O3/c17-13-6-5-11(14(18)10-13)7-8-19-16(21)9-12-3-1-2-4-15(12)20(22)23/h1-6,10H,7-9H2,(H,19,21). The molecular formula is C16H14Cl2N2O3. The van der Waals surface area contributed by atoms with Gasteiger partial charge in [0.05, 0.1) is 11.3 Å². The van der Waals surface area contributed by atoms with E-state index in [9.17, 15) is 14.9 Å². The highest BCUT2D eigenvalue weighted by atomic mass is 35.5. The molecule has 0 heterocycles. The molecule has 0 aromatic heterocycles. The van der Waals surface area contributed by atoms with Crippen molar-refractivity contribution in [3.05, 3.63) is 73.8 Å². The van der Waals surface area contributed by atoms with Crippen LogP contribution in [-0.2, 0) is 17.6 Å². The molecule has 0 atom stereocenters. The first-order valence-corrected chi connectivity index (χ1v) is 7.66. The SMILES string of the molecule is O=C(Cc1ccccc1[N+](=O)[O-])NCCc1ccc(Cl)cc1Cl. The van der Waals surface area contributed by atoms with Crippen LogP contribution in [0.3, 0.4) is 0 Å². The molecule has 0 aliphatic rings. The maximum absolute atomic E-state index is 11.9. The Morgan fingerprint density at radius 1 is 1.13 bits per heavy atom. The number of hydrogen-bond acceptors (Lipinski definition) is 3. The Morgan fingerprint density at radius 2 is 1.87 bits per heavy atom. The van der Waals surface area contributed by atoms with Crippen molar-refractivity contribution in [3.63, 3.8) is 0 Å². The summed E-state index contributed by atoms with van der Waals surface area (Å²) in [5, 5.41) is 14.8. The van der Waals surface area contributed by atoms with Crippen LogP contribution in [0.4, 0.5) is 5.69 Å². The lowest BCUT2D eigenvalue weighted by atomic mass is 10.1. The number of carbonyl (C=O) groups is 1. The third-order valence-corrected chi connectivity index (χ3v) is 3.86. The molecular weight excluding hydrogens is 339 g/mol. The molecule has 7 heteroatoms. The number of rotatable bonds is 6. The zero-order chi connectivity index (χ0) is 16.8. The average molecular weight is 353 g/mol. The first-order chi connectivity index (χ1) is 11.0. The van der Waals surface area contributed by atoms with E-state index in [2.05, 4.69) is 5.32 Å².